The Morgan fingerprint density at radius 1 is 0.846 bits per heavy atom. The molecule has 4 rings (SSSR count). The molecule has 0 saturated heterocycles. The van der Waals surface area contributed by atoms with E-state index >= 15 is 0 Å². The van der Waals surface area contributed by atoms with Crippen LogP contribution in [-0.4, -0.2) is 28.8 Å². The van der Waals surface area contributed by atoms with Crippen molar-refractivity contribution >= 4 is 5.65 Å². The lowest BCUT2D eigenvalue weighted by Gasteiger charge is -2.09. The number of nitrogens with zero attached hydrogens (tertiary/aromatic N) is 3. The molecule has 2 heterocycles. The lowest BCUT2D eigenvalue weighted by molar-refractivity contribution is 0.413. The molecule has 26 heavy (non-hydrogen) atoms. The lowest BCUT2D eigenvalue weighted by Crippen LogP contribution is -1.97. The highest BCUT2D eigenvalue weighted by molar-refractivity contribution is 5.70. The van der Waals surface area contributed by atoms with E-state index in [1.807, 2.05) is 42.6 Å². The first-order valence-electron chi connectivity index (χ1n) is 8.03. The van der Waals surface area contributed by atoms with Gasteiger partial charge in [-0.2, -0.15) is 0 Å². The fourth-order valence-corrected chi connectivity index (χ4v) is 2.91. The van der Waals surface area contributed by atoms with Crippen LogP contribution in [0.25, 0.3) is 28.2 Å². The Bertz CT molecular complexity index is 1070. The number of halogens is 1. The monoisotopic (exact) mass is 349 g/mol. The molecule has 0 fully saturated rings. The van der Waals surface area contributed by atoms with Crippen LogP contribution in [0.4, 0.5) is 4.39 Å². The molecule has 0 spiro atoms. The number of ether oxygens (including phenoxy) is 2. The van der Waals surface area contributed by atoms with E-state index in [4.69, 9.17) is 9.47 Å². The molecule has 6 heteroatoms. The van der Waals surface area contributed by atoms with Crippen LogP contribution in [0.1, 0.15) is 0 Å². The summed E-state index contributed by atoms with van der Waals surface area (Å²) < 4.78 is 26.7. The molecule has 2 aromatic carbocycles. The smallest absolute Gasteiger partial charge is 0.175 e. The van der Waals surface area contributed by atoms with Gasteiger partial charge in [-0.3, -0.25) is 4.40 Å². The molecule has 0 bridgehead atoms. The second kappa shape index (κ2) is 6.48. The first-order chi connectivity index (χ1) is 12.7. The third kappa shape index (κ3) is 2.65. The van der Waals surface area contributed by atoms with Crippen LogP contribution in [-0.2, 0) is 0 Å². The highest BCUT2D eigenvalue weighted by atomic mass is 19.1. The quantitative estimate of drug-likeness (QED) is 0.553. The van der Waals surface area contributed by atoms with Crippen LogP contribution >= 0.6 is 0 Å². The topological polar surface area (TPSA) is 48.7 Å². The Hall–Kier alpha value is -3.41. The second-order valence-corrected chi connectivity index (χ2v) is 5.72. The number of aromatic nitrogens is 3. The van der Waals surface area contributed by atoms with Crippen LogP contribution in [0.5, 0.6) is 11.5 Å². The van der Waals surface area contributed by atoms with Gasteiger partial charge in [0.2, 0.25) is 0 Å². The van der Waals surface area contributed by atoms with Gasteiger partial charge in [-0.25, -0.2) is 4.39 Å². The minimum absolute atomic E-state index is 0.286. The van der Waals surface area contributed by atoms with Crippen molar-refractivity contribution in [3.63, 3.8) is 0 Å². The first kappa shape index (κ1) is 16.1. The second-order valence-electron chi connectivity index (χ2n) is 5.72. The van der Waals surface area contributed by atoms with Crippen LogP contribution < -0.4 is 9.47 Å². The molecule has 0 saturated carbocycles. The van der Waals surface area contributed by atoms with Crippen LogP contribution in [0.3, 0.4) is 0 Å². The van der Waals surface area contributed by atoms with Crippen molar-refractivity contribution in [2.24, 2.45) is 0 Å². The minimum atomic E-state index is -0.409. The highest BCUT2D eigenvalue weighted by Gasteiger charge is 2.18. The summed E-state index contributed by atoms with van der Waals surface area (Å²) in [6.07, 6.45) is 1.89. The Kier molecular flexibility index (Phi) is 4.01. The average Bonchev–Trinajstić information content (AvgIpc) is 3.10. The highest BCUT2D eigenvalue weighted by Crippen LogP contribution is 2.32. The number of methoxy groups -OCH3 is 2. The predicted octanol–water partition coefficient (Wildman–Crippen LogP) is 4.22. The van der Waals surface area contributed by atoms with Crippen molar-refractivity contribution in [3.05, 3.63) is 66.6 Å². The first-order valence-corrected chi connectivity index (χ1v) is 8.03. The maximum absolute atomic E-state index is 14.5. The number of pyridine rings is 1. The van der Waals surface area contributed by atoms with Gasteiger partial charge in [-0.1, -0.05) is 18.2 Å². The minimum Gasteiger partial charge on any atom is -0.497 e. The number of hydrogen-bond donors (Lipinski definition) is 0. The summed E-state index contributed by atoms with van der Waals surface area (Å²) >= 11 is 0. The zero-order valence-corrected chi connectivity index (χ0v) is 14.3. The van der Waals surface area contributed by atoms with E-state index in [1.165, 1.54) is 13.2 Å². The largest absolute Gasteiger partial charge is 0.497 e. The molecule has 0 N–H and O–H groups in total. The van der Waals surface area contributed by atoms with Crippen molar-refractivity contribution in [1.29, 1.82) is 0 Å². The van der Waals surface area contributed by atoms with Gasteiger partial charge in [-0.05, 0) is 47.5 Å². The molecule has 2 aromatic heterocycles. The van der Waals surface area contributed by atoms with Gasteiger partial charge >= 0.3 is 0 Å². The Labute approximate surface area is 149 Å². The maximum Gasteiger partial charge on any atom is 0.175 e. The molecule has 5 nitrogen and oxygen atoms in total. The standard InChI is InChI=1S/C20H16FN3O2/c1-25-15-9-6-13(7-10-15)14-8-11-18-22-23-20(24(18)12-14)19-16(21)4-3-5-17(19)26-2/h3-12H,1-2H3. The van der Waals surface area contributed by atoms with Gasteiger partial charge in [-0.15, -0.1) is 10.2 Å². The number of hydrogen-bond acceptors (Lipinski definition) is 4. The zero-order chi connectivity index (χ0) is 18.1. The lowest BCUT2D eigenvalue weighted by atomic mass is 10.1. The van der Waals surface area contributed by atoms with E-state index in [2.05, 4.69) is 10.2 Å². The molecule has 0 aliphatic rings. The molecule has 0 atom stereocenters. The van der Waals surface area contributed by atoms with E-state index in [0.29, 0.717) is 17.2 Å². The molecular formula is C20H16FN3O2. The van der Waals surface area contributed by atoms with Gasteiger partial charge in [0.15, 0.2) is 11.5 Å². The zero-order valence-electron chi connectivity index (χ0n) is 14.3. The fraction of sp³-hybridized carbons (Fsp3) is 0.100. The Morgan fingerprint density at radius 3 is 2.35 bits per heavy atom. The van der Waals surface area contributed by atoms with Gasteiger partial charge in [0, 0.05) is 6.20 Å². The van der Waals surface area contributed by atoms with Gasteiger partial charge in [0.1, 0.15) is 17.3 Å². The molecule has 0 amide bonds. The summed E-state index contributed by atoms with van der Waals surface area (Å²) in [4.78, 5) is 0. The van der Waals surface area contributed by atoms with Gasteiger partial charge in [0.25, 0.3) is 0 Å². The van der Waals surface area contributed by atoms with Crippen LogP contribution in [0, 0.1) is 5.82 Å². The van der Waals surface area contributed by atoms with Gasteiger partial charge in [0.05, 0.1) is 19.8 Å². The summed E-state index contributed by atoms with van der Waals surface area (Å²) in [5.74, 6) is 1.18. The van der Waals surface area contributed by atoms with Crippen molar-refractivity contribution in [2.45, 2.75) is 0 Å². The predicted molar refractivity (Wildman–Crippen MR) is 96.9 cm³/mol. The number of fused-ring (bicyclic) bond motifs is 1. The summed E-state index contributed by atoms with van der Waals surface area (Å²) in [7, 11) is 3.14. The normalized spacial score (nSPS) is 10.9. The third-order valence-electron chi connectivity index (χ3n) is 4.24. The van der Waals surface area contributed by atoms with E-state index in [0.717, 1.165) is 16.9 Å². The van der Waals surface area contributed by atoms with E-state index in [1.54, 1.807) is 23.6 Å². The average molecular weight is 349 g/mol. The fourth-order valence-electron chi connectivity index (χ4n) is 2.91. The summed E-state index contributed by atoms with van der Waals surface area (Å²) in [6, 6.07) is 16.2. The summed E-state index contributed by atoms with van der Waals surface area (Å²) in [5.41, 5.74) is 2.88. The van der Waals surface area contributed by atoms with Gasteiger partial charge < -0.3 is 9.47 Å². The van der Waals surface area contributed by atoms with Crippen molar-refractivity contribution in [2.75, 3.05) is 14.2 Å². The Balaban J connectivity index is 1.88. The maximum atomic E-state index is 14.5. The van der Waals surface area contributed by atoms with Crippen molar-refractivity contribution < 1.29 is 13.9 Å². The third-order valence-corrected chi connectivity index (χ3v) is 4.24. The van der Waals surface area contributed by atoms with Crippen molar-refractivity contribution in [1.82, 2.24) is 14.6 Å². The van der Waals surface area contributed by atoms with E-state index in [-0.39, 0.29) is 5.56 Å². The molecule has 0 aliphatic carbocycles. The Morgan fingerprint density at radius 2 is 1.62 bits per heavy atom. The van der Waals surface area contributed by atoms with Crippen LogP contribution in [0.2, 0.25) is 0 Å². The number of rotatable bonds is 4. The molecule has 0 radical (unpaired) electrons. The van der Waals surface area contributed by atoms with Crippen molar-refractivity contribution in [3.8, 4) is 34.0 Å². The van der Waals surface area contributed by atoms with E-state index < -0.39 is 5.82 Å². The summed E-state index contributed by atoms with van der Waals surface area (Å²) in [5, 5.41) is 8.31. The molecule has 130 valence electrons. The molecule has 0 unspecified atom stereocenters. The van der Waals surface area contributed by atoms with Crippen LogP contribution in [0.15, 0.2) is 60.8 Å². The van der Waals surface area contributed by atoms with E-state index in [9.17, 15) is 4.39 Å². The SMILES string of the molecule is COc1ccc(-c2ccc3nnc(-c4c(F)cccc4OC)n3c2)cc1. The molecule has 4 aromatic rings. The number of benzene rings is 2. The summed E-state index contributed by atoms with van der Waals surface area (Å²) in [6.45, 7) is 0. The molecular weight excluding hydrogens is 333 g/mol. The molecule has 0 aliphatic heterocycles.